The third-order valence-corrected chi connectivity index (χ3v) is 15.4. The lowest BCUT2D eigenvalue weighted by Crippen LogP contribution is -2.45. The summed E-state index contributed by atoms with van der Waals surface area (Å²) in [7, 11) is 0. The highest BCUT2D eigenvalue weighted by Gasteiger charge is 2.18. The van der Waals surface area contributed by atoms with Crippen LogP contribution in [0.25, 0.3) is 0 Å². The van der Waals surface area contributed by atoms with Crippen LogP contribution in [0.1, 0.15) is 361 Å². The number of nitrogens with one attached hydrogen (secondary N) is 1. The van der Waals surface area contributed by atoms with Crippen molar-refractivity contribution in [1.82, 2.24) is 5.32 Å². The highest BCUT2D eigenvalue weighted by molar-refractivity contribution is 5.76. The van der Waals surface area contributed by atoms with Gasteiger partial charge in [-0.2, -0.15) is 0 Å². The molecule has 0 bridgehead atoms. The molecule has 0 fully saturated rings. The van der Waals surface area contributed by atoms with Crippen LogP contribution in [0, 0.1) is 0 Å². The number of unbranched alkanes of at least 4 members (excludes halogenated alkanes) is 47. The molecule has 0 aliphatic carbocycles. The highest BCUT2D eigenvalue weighted by atomic mass is 16.5. The minimum atomic E-state index is -0.846. The van der Waals surface area contributed by atoms with E-state index in [1.165, 1.54) is 289 Å². The molecule has 6 nitrogen and oxygen atoms in total. The summed E-state index contributed by atoms with van der Waals surface area (Å²) in [6.45, 7) is 4.92. The summed E-state index contributed by atoms with van der Waals surface area (Å²) >= 11 is 0. The molecule has 0 aromatic rings. The average molecular weight is 1040 g/mol. The maximum absolute atomic E-state index is 12.5. The molecule has 0 radical (unpaired) electrons. The van der Waals surface area contributed by atoms with E-state index in [0.29, 0.717) is 19.4 Å². The van der Waals surface area contributed by atoms with Crippen LogP contribution >= 0.6 is 0 Å². The van der Waals surface area contributed by atoms with E-state index in [2.05, 4.69) is 43.5 Å². The van der Waals surface area contributed by atoms with Gasteiger partial charge in [0.2, 0.25) is 5.91 Å². The van der Waals surface area contributed by atoms with Crippen molar-refractivity contribution in [2.24, 2.45) is 0 Å². The Bertz CT molecular complexity index is 1200. The normalized spacial score (nSPS) is 12.8. The van der Waals surface area contributed by atoms with Gasteiger partial charge in [0, 0.05) is 12.8 Å². The summed E-state index contributed by atoms with van der Waals surface area (Å²) in [4.78, 5) is 24.5. The van der Waals surface area contributed by atoms with Crippen LogP contribution in [-0.2, 0) is 14.3 Å². The Morgan fingerprint density at radius 3 is 1.03 bits per heavy atom. The molecule has 0 aromatic heterocycles. The Balaban J connectivity index is 3.43. The zero-order valence-electron chi connectivity index (χ0n) is 49.8. The van der Waals surface area contributed by atoms with Gasteiger partial charge in [-0.3, -0.25) is 9.59 Å². The van der Waals surface area contributed by atoms with E-state index in [9.17, 15) is 19.8 Å². The SMILES string of the molecule is CCCCCCCCCCCCCCC/C=C/C(O)C(CO)NC(=O)CCCCCCCCCCCCC/C=C\C/C=C\CCCCCCCCCCCOC(=O)CCCCCCCCCCCCCCCCC. The van der Waals surface area contributed by atoms with E-state index < -0.39 is 12.1 Å². The average Bonchev–Trinajstić information content (AvgIpc) is 3.40. The van der Waals surface area contributed by atoms with Crippen LogP contribution in [0.3, 0.4) is 0 Å². The topological polar surface area (TPSA) is 95.9 Å². The van der Waals surface area contributed by atoms with Crippen LogP contribution in [0.15, 0.2) is 36.5 Å². The molecule has 1 amide bonds. The molecular weight excluding hydrogens is 911 g/mol. The maximum Gasteiger partial charge on any atom is 0.305 e. The molecule has 0 saturated heterocycles. The van der Waals surface area contributed by atoms with E-state index >= 15 is 0 Å². The van der Waals surface area contributed by atoms with Gasteiger partial charge in [0.25, 0.3) is 0 Å². The number of rotatable bonds is 62. The summed E-state index contributed by atoms with van der Waals surface area (Å²) in [5.74, 6) is -0.0562. The van der Waals surface area contributed by atoms with Crippen LogP contribution in [0.4, 0.5) is 0 Å². The molecule has 436 valence electrons. The van der Waals surface area contributed by atoms with E-state index in [1.54, 1.807) is 6.08 Å². The van der Waals surface area contributed by atoms with Crippen molar-refractivity contribution in [3.8, 4) is 0 Å². The predicted molar refractivity (Wildman–Crippen MR) is 324 cm³/mol. The van der Waals surface area contributed by atoms with Gasteiger partial charge in [-0.25, -0.2) is 0 Å². The van der Waals surface area contributed by atoms with Crippen LogP contribution in [0.2, 0.25) is 0 Å². The van der Waals surface area contributed by atoms with Gasteiger partial charge >= 0.3 is 5.97 Å². The zero-order chi connectivity index (χ0) is 53.6. The molecule has 0 spiro atoms. The summed E-state index contributed by atoms with van der Waals surface area (Å²) in [6.07, 6.45) is 80.6. The number of carbonyl (C=O) groups excluding carboxylic acids is 2. The molecule has 0 rings (SSSR count). The second kappa shape index (κ2) is 63.6. The van der Waals surface area contributed by atoms with Gasteiger partial charge in [0.05, 0.1) is 25.4 Å². The standard InChI is InChI=1S/C68H129NO5/c1-3-5-7-9-11-13-15-17-32-36-40-44-48-52-56-60-66(71)65(64-70)69-67(72)61-57-53-49-45-41-37-34-30-28-26-24-22-20-19-21-23-25-27-29-31-35-39-43-47-51-55-59-63-74-68(73)62-58-54-50-46-42-38-33-18-16-14-12-10-8-6-4-2/h19-20,23,25,56,60,65-66,70-71H,3-18,21-22,24,26-55,57-59,61-64H2,1-2H3,(H,69,72)/b20-19-,25-23-,60-56+. The van der Waals surface area contributed by atoms with Crippen molar-refractivity contribution in [3.63, 3.8) is 0 Å². The van der Waals surface area contributed by atoms with Crippen molar-refractivity contribution < 1.29 is 24.5 Å². The van der Waals surface area contributed by atoms with E-state index in [-0.39, 0.29) is 18.5 Å². The third-order valence-electron chi connectivity index (χ3n) is 15.4. The fraction of sp³-hybridized carbons (Fsp3) is 0.882. The van der Waals surface area contributed by atoms with Gasteiger partial charge < -0.3 is 20.3 Å². The number of amides is 1. The van der Waals surface area contributed by atoms with Crippen molar-refractivity contribution in [3.05, 3.63) is 36.5 Å². The Morgan fingerprint density at radius 1 is 0.378 bits per heavy atom. The molecule has 0 aromatic carbocycles. The van der Waals surface area contributed by atoms with Crippen molar-refractivity contribution >= 4 is 11.9 Å². The molecule has 2 atom stereocenters. The zero-order valence-corrected chi connectivity index (χ0v) is 49.8. The largest absolute Gasteiger partial charge is 0.466 e. The molecule has 0 aliphatic heterocycles. The number of allylic oxidation sites excluding steroid dienone is 5. The van der Waals surface area contributed by atoms with Gasteiger partial charge in [-0.1, -0.05) is 320 Å². The fourth-order valence-electron chi connectivity index (χ4n) is 10.3. The van der Waals surface area contributed by atoms with Crippen molar-refractivity contribution in [2.75, 3.05) is 13.2 Å². The Kier molecular flexibility index (Phi) is 62.0. The number of carbonyl (C=O) groups is 2. The molecule has 0 saturated carbocycles. The quantitative estimate of drug-likeness (QED) is 0.0320. The Hall–Kier alpha value is -1.92. The van der Waals surface area contributed by atoms with Crippen LogP contribution in [0.5, 0.6) is 0 Å². The van der Waals surface area contributed by atoms with Crippen molar-refractivity contribution in [1.29, 1.82) is 0 Å². The number of hydrogen-bond acceptors (Lipinski definition) is 5. The minimum absolute atomic E-state index is 0.0134. The first-order chi connectivity index (χ1) is 36.5. The Morgan fingerprint density at radius 2 is 0.676 bits per heavy atom. The summed E-state index contributed by atoms with van der Waals surface area (Å²) in [5.41, 5.74) is 0. The summed E-state index contributed by atoms with van der Waals surface area (Å²) in [5, 5.41) is 23.1. The smallest absolute Gasteiger partial charge is 0.305 e. The van der Waals surface area contributed by atoms with E-state index in [1.807, 2.05) is 6.08 Å². The van der Waals surface area contributed by atoms with E-state index in [4.69, 9.17) is 4.74 Å². The number of ether oxygens (including phenoxy) is 1. The third kappa shape index (κ3) is 59.3. The number of aliphatic hydroxyl groups is 2. The van der Waals surface area contributed by atoms with Gasteiger partial charge in [0.1, 0.15) is 0 Å². The first-order valence-corrected chi connectivity index (χ1v) is 33.3. The molecular formula is C68H129NO5. The monoisotopic (exact) mass is 1040 g/mol. The lowest BCUT2D eigenvalue weighted by atomic mass is 10.0. The number of hydrogen-bond donors (Lipinski definition) is 3. The van der Waals surface area contributed by atoms with E-state index in [0.717, 1.165) is 44.9 Å². The minimum Gasteiger partial charge on any atom is -0.466 e. The first-order valence-electron chi connectivity index (χ1n) is 33.3. The molecule has 2 unspecified atom stereocenters. The Labute approximate surface area is 462 Å². The van der Waals surface area contributed by atoms with Crippen molar-refractivity contribution in [2.45, 2.75) is 373 Å². The van der Waals surface area contributed by atoms with Crippen LogP contribution in [-0.4, -0.2) is 47.4 Å². The second-order valence-electron chi connectivity index (χ2n) is 22.8. The molecule has 74 heavy (non-hydrogen) atoms. The van der Waals surface area contributed by atoms with Gasteiger partial charge in [0.15, 0.2) is 0 Å². The first kappa shape index (κ1) is 72.1. The van der Waals surface area contributed by atoms with Gasteiger partial charge in [-0.15, -0.1) is 0 Å². The highest BCUT2D eigenvalue weighted by Crippen LogP contribution is 2.18. The lowest BCUT2D eigenvalue weighted by Gasteiger charge is -2.20. The number of aliphatic hydroxyl groups excluding tert-OH is 2. The fourth-order valence-corrected chi connectivity index (χ4v) is 10.3. The molecule has 0 heterocycles. The molecule has 0 aliphatic rings. The maximum atomic E-state index is 12.5. The van der Waals surface area contributed by atoms with Gasteiger partial charge in [-0.05, 0) is 64.2 Å². The summed E-state index contributed by atoms with van der Waals surface area (Å²) < 4.78 is 5.49. The lowest BCUT2D eigenvalue weighted by molar-refractivity contribution is -0.143. The number of esters is 1. The second-order valence-corrected chi connectivity index (χ2v) is 22.8. The summed E-state index contributed by atoms with van der Waals surface area (Å²) in [6, 6.07) is -0.630. The van der Waals surface area contributed by atoms with Crippen LogP contribution < -0.4 is 5.32 Å². The predicted octanol–water partition coefficient (Wildman–Crippen LogP) is 21.1. The molecule has 3 N–H and O–H groups in total. The molecule has 6 heteroatoms.